The number of aryl methyl sites for hydroxylation is 2. The van der Waals surface area contributed by atoms with E-state index in [1.807, 2.05) is 44.7 Å². The number of halogens is 1. The Bertz CT molecular complexity index is 2170. The number of nitrogens with zero attached hydrogens (tertiary/aromatic N) is 6. The van der Waals surface area contributed by atoms with E-state index >= 15 is 4.39 Å². The van der Waals surface area contributed by atoms with E-state index in [0.717, 1.165) is 15.8 Å². The van der Waals surface area contributed by atoms with Crippen LogP contribution in [0.4, 0.5) is 15.2 Å². The molecular weight excluding hydrogens is 619 g/mol. The van der Waals surface area contributed by atoms with Crippen LogP contribution in [-0.4, -0.2) is 69.5 Å². The number of fused-ring (bicyclic) bond motifs is 2. The first kappa shape index (κ1) is 31.8. The van der Waals surface area contributed by atoms with Gasteiger partial charge in [-0.05, 0) is 55.2 Å². The van der Waals surface area contributed by atoms with Crippen LogP contribution in [0.3, 0.4) is 0 Å². The van der Waals surface area contributed by atoms with E-state index in [2.05, 4.69) is 21.9 Å². The molecule has 0 bridgehead atoms. The van der Waals surface area contributed by atoms with Crippen molar-refractivity contribution in [2.24, 2.45) is 0 Å². The number of rotatable bonds is 6. The zero-order valence-electron chi connectivity index (χ0n) is 26.8. The number of nitrogen functional groups attached to an aromatic ring is 1. The van der Waals surface area contributed by atoms with Crippen molar-refractivity contribution >= 4 is 55.2 Å². The summed E-state index contributed by atoms with van der Waals surface area (Å²) in [6.07, 6.45) is 2.93. The SMILES string of the molecule is C=CC(=O)N1CCN(c2c(C(=O)NC)c(=O)n(-c3c(C)ccnc3C(C)C)c3nc(-c4c(C)ccc5sc(N)nc45)c(F)cc23)CC1. The van der Waals surface area contributed by atoms with Gasteiger partial charge in [0, 0.05) is 50.4 Å². The monoisotopic (exact) mass is 654 g/mol. The van der Waals surface area contributed by atoms with Crippen molar-refractivity contribution in [1.29, 1.82) is 0 Å². The molecule has 2 amide bonds. The Kier molecular flexibility index (Phi) is 8.26. The lowest BCUT2D eigenvalue weighted by molar-refractivity contribution is -0.126. The molecule has 47 heavy (non-hydrogen) atoms. The van der Waals surface area contributed by atoms with Gasteiger partial charge in [0.05, 0.1) is 27.3 Å². The molecule has 4 aromatic heterocycles. The Morgan fingerprint density at radius 1 is 1.09 bits per heavy atom. The number of anilines is 2. The Labute approximate surface area is 274 Å². The van der Waals surface area contributed by atoms with E-state index in [1.165, 1.54) is 35.1 Å². The van der Waals surface area contributed by atoms with Crippen LogP contribution in [0.2, 0.25) is 0 Å². The van der Waals surface area contributed by atoms with Gasteiger partial charge >= 0.3 is 0 Å². The molecule has 1 aliphatic heterocycles. The number of piperazine rings is 1. The number of nitrogens with two attached hydrogens (primary N) is 1. The van der Waals surface area contributed by atoms with Gasteiger partial charge in [0.15, 0.2) is 10.8 Å². The molecule has 0 unspecified atom stereocenters. The summed E-state index contributed by atoms with van der Waals surface area (Å²) in [7, 11) is 1.45. The van der Waals surface area contributed by atoms with Crippen LogP contribution in [0, 0.1) is 19.7 Å². The van der Waals surface area contributed by atoms with Crippen molar-refractivity contribution in [2.75, 3.05) is 43.9 Å². The van der Waals surface area contributed by atoms with Gasteiger partial charge in [0.1, 0.15) is 17.1 Å². The summed E-state index contributed by atoms with van der Waals surface area (Å²) >= 11 is 1.29. The van der Waals surface area contributed by atoms with Crippen molar-refractivity contribution < 1.29 is 14.0 Å². The molecular formula is C34H35FN8O3S. The molecule has 1 aliphatic rings. The van der Waals surface area contributed by atoms with Gasteiger partial charge in [0.25, 0.3) is 11.5 Å². The van der Waals surface area contributed by atoms with Crippen molar-refractivity contribution in [3.63, 3.8) is 0 Å². The number of hydrogen-bond donors (Lipinski definition) is 2. The highest BCUT2D eigenvalue weighted by molar-refractivity contribution is 7.22. The summed E-state index contributed by atoms with van der Waals surface area (Å²) in [5.41, 5.74) is 9.26. The van der Waals surface area contributed by atoms with E-state index < -0.39 is 17.3 Å². The lowest BCUT2D eigenvalue weighted by atomic mass is 10.00. The number of thiazole rings is 1. The minimum Gasteiger partial charge on any atom is -0.375 e. The number of hydrogen-bond acceptors (Lipinski definition) is 9. The first-order valence-electron chi connectivity index (χ1n) is 15.3. The maximum Gasteiger partial charge on any atom is 0.271 e. The zero-order chi connectivity index (χ0) is 33.7. The number of aromatic nitrogens is 4. The maximum atomic E-state index is 16.6. The third kappa shape index (κ3) is 5.29. The van der Waals surface area contributed by atoms with Crippen LogP contribution in [0.25, 0.3) is 38.2 Å². The normalized spacial score (nSPS) is 13.5. The average molecular weight is 655 g/mol. The van der Waals surface area contributed by atoms with Gasteiger partial charge in [-0.25, -0.2) is 14.4 Å². The summed E-state index contributed by atoms with van der Waals surface area (Å²) in [5, 5.41) is 3.22. The standard InChI is InChI=1S/C34H35FN8O3S/c1-7-23(44)41-12-14-42(15-13-41)30-20-16-21(35)27(24-18(4)8-9-22-28(24)40-34(36)47-22)39-31(20)43(33(46)25(30)32(45)37-6)29-19(5)10-11-38-26(29)17(2)3/h7-11,16-17H,1,12-15H2,2-6H3,(H2,36,40)(H,37,45). The topological polar surface area (TPSA) is 139 Å². The molecule has 0 radical (unpaired) electrons. The number of pyridine rings is 3. The zero-order valence-corrected chi connectivity index (χ0v) is 27.7. The van der Waals surface area contributed by atoms with Crippen molar-refractivity contribution in [1.82, 2.24) is 29.7 Å². The summed E-state index contributed by atoms with van der Waals surface area (Å²) in [6.45, 7) is 12.4. The smallest absolute Gasteiger partial charge is 0.271 e. The van der Waals surface area contributed by atoms with Crippen LogP contribution >= 0.6 is 11.3 Å². The van der Waals surface area contributed by atoms with Crippen molar-refractivity contribution in [2.45, 2.75) is 33.6 Å². The van der Waals surface area contributed by atoms with Crippen LogP contribution in [0.5, 0.6) is 0 Å². The second-order valence-electron chi connectivity index (χ2n) is 11.8. The predicted molar refractivity (Wildman–Crippen MR) is 184 cm³/mol. The highest BCUT2D eigenvalue weighted by Gasteiger charge is 2.32. The molecule has 0 aliphatic carbocycles. The molecule has 3 N–H and O–H groups in total. The summed E-state index contributed by atoms with van der Waals surface area (Å²) in [5.74, 6) is -1.59. The van der Waals surface area contributed by atoms with E-state index in [0.29, 0.717) is 53.8 Å². The molecule has 13 heteroatoms. The van der Waals surface area contributed by atoms with Gasteiger partial charge < -0.3 is 20.9 Å². The predicted octanol–water partition coefficient (Wildman–Crippen LogP) is 4.71. The molecule has 1 fully saturated rings. The first-order chi connectivity index (χ1) is 22.5. The molecule has 1 aromatic carbocycles. The number of carbonyl (C=O) groups is 2. The van der Waals surface area contributed by atoms with E-state index in [-0.39, 0.29) is 39.8 Å². The number of benzene rings is 1. The second kappa shape index (κ2) is 12.2. The fourth-order valence-corrected chi connectivity index (χ4v) is 7.03. The highest BCUT2D eigenvalue weighted by atomic mass is 32.1. The minimum atomic E-state index is -0.651. The van der Waals surface area contributed by atoms with Crippen LogP contribution < -0.4 is 21.5 Å². The maximum absolute atomic E-state index is 16.6. The van der Waals surface area contributed by atoms with Crippen LogP contribution in [0.15, 0.2) is 47.9 Å². The third-order valence-electron chi connectivity index (χ3n) is 8.56. The fourth-order valence-electron chi connectivity index (χ4n) is 6.28. The number of carbonyl (C=O) groups excluding carboxylic acids is 2. The van der Waals surface area contributed by atoms with Gasteiger partial charge in [-0.15, -0.1) is 0 Å². The molecule has 0 saturated carbocycles. The number of nitrogens with one attached hydrogen (secondary N) is 1. The van der Waals surface area contributed by atoms with E-state index in [4.69, 9.17) is 10.7 Å². The largest absolute Gasteiger partial charge is 0.375 e. The first-order valence-corrected chi connectivity index (χ1v) is 16.1. The molecule has 6 rings (SSSR count). The van der Waals surface area contributed by atoms with Crippen molar-refractivity contribution in [3.05, 3.63) is 81.7 Å². The van der Waals surface area contributed by atoms with Crippen molar-refractivity contribution in [3.8, 4) is 16.9 Å². The molecule has 5 aromatic rings. The number of amides is 2. The van der Waals surface area contributed by atoms with Gasteiger partial charge in [0.2, 0.25) is 5.91 Å². The Morgan fingerprint density at radius 2 is 1.81 bits per heavy atom. The van der Waals surface area contributed by atoms with Gasteiger partial charge in [-0.1, -0.05) is 37.8 Å². The molecule has 0 atom stereocenters. The minimum absolute atomic E-state index is 0.00623. The summed E-state index contributed by atoms with van der Waals surface area (Å²) < 4.78 is 18.8. The Balaban J connectivity index is 1.75. The molecule has 242 valence electrons. The Hall–Kier alpha value is -5.17. The Morgan fingerprint density at radius 3 is 2.47 bits per heavy atom. The third-order valence-corrected chi connectivity index (χ3v) is 9.41. The average Bonchev–Trinajstić information content (AvgIpc) is 3.44. The summed E-state index contributed by atoms with van der Waals surface area (Å²) in [6, 6.07) is 6.87. The molecule has 11 nitrogen and oxygen atoms in total. The summed E-state index contributed by atoms with van der Waals surface area (Å²) in [4.78, 5) is 58.3. The molecule has 5 heterocycles. The van der Waals surface area contributed by atoms with Crippen LogP contribution in [0.1, 0.15) is 46.9 Å². The van der Waals surface area contributed by atoms with E-state index in [9.17, 15) is 14.4 Å². The quantitative estimate of drug-likeness (QED) is 0.251. The van der Waals surface area contributed by atoms with Gasteiger partial charge in [-0.2, -0.15) is 0 Å². The molecule has 1 saturated heterocycles. The highest BCUT2D eigenvalue weighted by Crippen LogP contribution is 2.39. The van der Waals surface area contributed by atoms with Gasteiger partial charge in [-0.3, -0.25) is 23.9 Å². The lowest BCUT2D eigenvalue weighted by Crippen LogP contribution is -2.49. The second-order valence-corrected chi connectivity index (χ2v) is 12.9. The van der Waals surface area contributed by atoms with Crippen LogP contribution in [-0.2, 0) is 4.79 Å². The molecule has 0 spiro atoms. The fraction of sp³-hybridized carbons (Fsp3) is 0.294. The van der Waals surface area contributed by atoms with E-state index in [1.54, 1.807) is 17.2 Å². The lowest BCUT2D eigenvalue weighted by Gasteiger charge is -2.37.